The monoisotopic (exact) mass is 365 g/mol. The van der Waals surface area contributed by atoms with Gasteiger partial charge in [0.05, 0.1) is 19.8 Å². The van der Waals surface area contributed by atoms with Gasteiger partial charge in [-0.1, -0.05) is 0 Å². The van der Waals surface area contributed by atoms with Crippen LogP contribution in [0.25, 0.3) is 0 Å². The second-order valence-electron chi connectivity index (χ2n) is 6.26. The Kier molecular flexibility index (Phi) is 8.04. The van der Waals surface area contributed by atoms with E-state index in [0.29, 0.717) is 55.6 Å². The van der Waals surface area contributed by atoms with Crippen LogP contribution in [0.2, 0.25) is 0 Å². The lowest BCUT2D eigenvalue weighted by molar-refractivity contribution is 0.0573. The van der Waals surface area contributed by atoms with Gasteiger partial charge in [-0.05, 0) is 58.6 Å². The summed E-state index contributed by atoms with van der Waals surface area (Å²) in [6.07, 6.45) is 3.62. The summed E-state index contributed by atoms with van der Waals surface area (Å²) in [5, 5.41) is 9.32. The smallest absolute Gasteiger partial charge is 0.254 e. The maximum atomic E-state index is 13.2. The SMILES string of the molecule is CCOc1cc(C(=O)N2CCCCC2CCO)cc(OCC)c1OCC. The third-order valence-corrected chi connectivity index (χ3v) is 4.51. The van der Waals surface area contributed by atoms with E-state index < -0.39 is 0 Å². The quantitative estimate of drug-likeness (QED) is 0.727. The van der Waals surface area contributed by atoms with Crippen molar-refractivity contribution in [1.29, 1.82) is 0 Å². The van der Waals surface area contributed by atoms with E-state index in [9.17, 15) is 9.90 Å². The van der Waals surface area contributed by atoms with Crippen molar-refractivity contribution in [3.63, 3.8) is 0 Å². The van der Waals surface area contributed by atoms with Gasteiger partial charge in [0.15, 0.2) is 11.5 Å². The van der Waals surface area contributed by atoms with E-state index in [1.807, 2.05) is 25.7 Å². The highest BCUT2D eigenvalue weighted by molar-refractivity contribution is 5.96. The summed E-state index contributed by atoms with van der Waals surface area (Å²) >= 11 is 0. The third kappa shape index (κ3) is 4.81. The van der Waals surface area contributed by atoms with Gasteiger partial charge in [0.25, 0.3) is 5.91 Å². The first kappa shape index (κ1) is 20.4. The number of piperidine rings is 1. The molecule has 0 aliphatic carbocycles. The Morgan fingerprint density at radius 2 is 1.69 bits per heavy atom. The molecule has 0 radical (unpaired) electrons. The Balaban J connectivity index is 2.38. The predicted molar refractivity (Wildman–Crippen MR) is 100 cm³/mol. The van der Waals surface area contributed by atoms with Gasteiger partial charge in [0, 0.05) is 24.8 Å². The number of ether oxygens (including phenoxy) is 3. The Morgan fingerprint density at radius 1 is 1.08 bits per heavy atom. The number of aliphatic hydroxyl groups is 1. The Morgan fingerprint density at radius 3 is 2.23 bits per heavy atom. The van der Waals surface area contributed by atoms with Gasteiger partial charge in [-0.2, -0.15) is 0 Å². The minimum Gasteiger partial charge on any atom is -0.490 e. The van der Waals surface area contributed by atoms with Gasteiger partial charge in [-0.25, -0.2) is 0 Å². The Hall–Kier alpha value is -1.95. The zero-order chi connectivity index (χ0) is 18.9. The number of hydrogen-bond acceptors (Lipinski definition) is 5. The number of nitrogens with zero attached hydrogens (tertiary/aromatic N) is 1. The lowest BCUT2D eigenvalue weighted by Crippen LogP contribution is -2.44. The first-order valence-electron chi connectivity index (χ1n) is 9.64. The predicted octanol–water partition coefficient (Wildman–Crippen LogP) is 3.26. The normalized spacial score (nSPS) is 17.1. The molecular weight excluding hydrogens is 334 g/mol. The molecule has 1 aromatic rings. The summed E-state index contributed by atoms with van der Waals surface area (Å²) in [5.74, 6) is 1.55. The van der Waals surface area contributed by atoms with Crippen molar-refractivity contribution in [3.05, 3.63) is 17.7 Å². The van der Waals surface area contributed by atoms with Crippen LogP contribution < -0.4 is 14.2 Å². The maximum Gasteiger partial charge on any atom is 0.254 e. The topological polar surface area (TPSA) is 68.2 Å². The number of benzene rings is 1. The fourth-order valence-electron chi connectivity index (χ4n) is 3.40. The van der Waals surface area contributed by atoms with Gasteiger partial charge in [0.2, 0.25) is 5.75 Å². The van der Waals surface area contributed by atoms with Crippen molar-refractivity contribution in [1.82, 2.24) is 4.90 Å². The van der Waals surface area contributed by atoms with Crippen molar-refractivity contribution in [2.45, 2.75) is 52.5 Å². The highest BCUT2D eigenvalue weighted by atomic mass is 16.5. The first-order chi connectivity index (χ1) is 12.7. The van der Waals surface area contributed by atoms with E-state index in [4.69, 9.17) is 14.2 Å². The number of carbonyl (C=O) groups excluding carboxylic acids is 1. The van der Waals surface area contributed by atoms with Crippen LogP contribution in [0, 0.1) is 0 Å². The Bertz CT molecular complexity index is 561. The van der Waals surface area contributed by atoms with Crippen LogP contribution in [0.4, 0.5) is 0 Å². The number of hydrogen-bond donors (Lipinski definition) is 1. The molecule has 0 bridgehead atoms. The standard InChI is InChI=1S/C20H31NO5/c1-4-24-17-13-15(14-18(25-5-2)19(17)26-6-3)20(23)21-11-8-7-9-16(21)10-12-22/h13-14,16,22H,4-12H2,1-3H3. The van der Waals surface area contributed by atoms with E-state index in [1.165, 1.54) is 0 Å². The van der Waals surface area contributed by atoms with Crippen molar-refractivity contribution in [2.75, 3.05) is 33.0 Å². The van der Waals surface area contributed by atoms with E-state index in [1.54, 1.807) is 12.1 Å². The second kappa shape index (κ2) is 10.3. The highest BCUT2D eigenvalue weighted by Crippen LogP contribution is 2.39. The maximum absolute atomic E-state index is 13.2. The largest absolute Gasteiger partial charge is 0.490 e. The van der Waals surface area contributed by atoms with Gasteiger partial charge in [0.1, 0.15) is 0 Å². The number of amides is 1. The molecule has 6 nitrogen and oxygen atoms in total. The molecule has 1 unspecified atom stereocenters. The minimum atomic E-state index is -0.0481. The Labute approximate surface area is 156 Å². The van der Waals surface area contributed by atoms with Gasteiger partial charge in [-0.15, -0.1) is 0 Å². The van der Waals surface area contributed by atoms with Crippen molar-refractivity contribution in [3.8, 4) is 17.2 Å². The number of aliphatic hydroxyl groups excluding tert-OH is 1. The summed E-state index contributed by atoms with van der Waals surface area (Å²) in [7, 11) is 0. The molecule has 26 heavy (non-hydrogen) atoms. The van der Waals surface area contributed by atoms with Crippen LogP contribution in [0.15, 0.2) is 12.1 Å². The summed E-state index contributed by atoms with van der Waals surface area (Å²) < 4.78 is 17.1. The average molecular weight is 365 g/mol. The summed E-state index contributed by atoms with van der Waals surface area (Å²) in [6.45, 7) is 7.92. The molecular formula is C20H31NO5. The van der Waals surface area contributed by atoms with Gasteiger partial charge in [-0.3, -0.25) is 4.79 Å². The summed E-state index contributed by atoms with van der Waals surface area (Å²) in [5.41, 5.74) is 0.533. The van der Waals surface area contributed by atoms with Crippen LogP contribution in [0.1, 0.15) is 56.8 Å². The number of carbonyl (C=O) groups is 1. The van der Waals surface area contributed by atoms with Crippen molar-refractivity contribution >= 4 is 5.91 Å². The molecule has 1 saturated heterocycles. The molecule has 1 N–H and O–H groups in total. The number of likely N-dealkylation sites (tertiary alicyclic amines) is 1. The lowest BCUT2D eigenvalue weighted by Gasteiger charge is -2.35. The molecule has 146 valence electrons. The van der Waals surface area contributed by atoms with Crippen LogP contribution >= 0.6 is 0 Å². The molecule has 1 aromatic carbocycles. The highest BCUT2D eigenvalue weighted by Gasteiger charge is 2.28. The lowest BCUT2D eigenvalue weighted by atomic mass is 9.98. The van der Waals surface area contributed by atoms with Crippen LogP contribution in [0.5, 0.6) is 17.2 Å². The minimum absolute atomic E-state index is 0.0481. The molecule has 1 aliphatic heterocycles. The average Bonchev–Trinajstić information content (AvgIpc) is 2.64. The first-order valence-corrected chi connectivity index (χ1v) is 9.64. The van der Waals surface area contributed by atoms with E-state index in [2.05, 4.69) is 0 Å². The van der Waals surface area contributed by atoms with Crippen molar-refractivity contribution < 1.29 is 24.1 Å². The molecule has 1 fully saturated rings. The third-order valence-electron chi connectivity index (χ3n) is 4.51. The second-order valence-corrected chi connectivity index (χ2v) is 6.26. The molecule has 2 rings (SSSR count). The molecule has 6 heteroatoms. The zero-order valence-corrected chi connectivity index (χ0v) is 16.1. The van der Waals surface area contributed by atoms with Crippen LogP contribution in [0.3, 0.4) is 0 Å². The van der Waals surface area contributed by atoms with Crippen LogP contribution in [-0.2, 0) is 0 Å². The molecule has 1 atom stereocenters. The van der Waals surface area contributed by atoms with Crippen LogP contribution in [-0.4, -0.2) is 54.9 Å². The van der Waals surface area contributed by atoms with Gasteiger partial charge < -0.3 is 24.2 Å². The van der Waals surface area contributed by atoms with E-state index >= 15 is 0 Å². The summed E-state index contributed by atoms with van der Waals surface area (Å²) in [6, 6.07) is 3.56. The van der Waals surface area contributed by atoms with E-state index in [-0.39, 0.29) is 18.6 Å². The fraction of sp³-hybridized carbons (Fsp3) is 0.650. The molecule has 1 heterocycles. The molecule has 1 amide bonds. The van der Waals surface area contributed by atoms with E-state index in [0.717, 1.165) is 19.3 Å². The number of rotatable bonds is 9. The van der Waals surface area contributed by atoms with Crippen molar-refractivity contribution in [2.24, 2.45) is 0 Å². The molecule has 0 aromatic heterocycles. The molecule has 1 aliphatic rings. The van der Waals surface area contributed by atoms with Gasteiger partial charge >= 0.3 is 0 Å². The fourth-order valence-corrected chi connectivity index (χ4v) is 3.40. The summed E-state index contributed by atoms with van der Waals surface area (Å²) in [4.78, 5) is 15.0. The molecule has 0 saturated carbocycles. The zero-order valence-electron chi connectivity index (χ0n) is 16.1. The molecule has 0 spiro atoms.